The van der Waals surface area contributed by atoms with Gasteiger partial charge < -0.3 is 16.0 Å². The van der Waals surface area contributed by atoms with Crippen molar-refractivity contribution in [2.24, 2.45) is 0 Å². The highest BCUT2D eigenvalue weighted by Crippen LogP contribution is 2.25. The number of rotatable bonds is 6. The van der Waals surface area contributed by atoms with Crippen molar-refractivity contribution in [1.29, 1.82) is 0 Å². The molecular formula is C13H15N5O2S2. The Labute approximate surface area is 135 Å². The Morgan fingerprint density at radius 1 is 1.14 bits per heavy atom. The maximum absolute atomic E-state index is 11.9. The highest BCUT2D eigenvalue weighted by atomic mass is 32.2. The fourth-order valence-electron chi connectivity index (χ4n) is 1.53. The van der Waals surface area contributed by atoms with Gasteiger partial charge in [-0.2, -0.15) is 0 Å². The summed E-state index contributed by atoms with van der Waals surface area (Å²) in [5, 5.41) is 16.9. The van der Waals surface area contributed by atoms with Crippen LogP contribution in [0.4, 0.5) is 16.5 Å². The van der Waals surface area contributed by atoms with Crippen LogP contribution in [-0.4, -0.2) is 34.8 Å². The summed E-state index contributed by atoms with van der Waals surface area (Å²) in [5.41, 5.74) is 1.36. The predicted octanol–water partition coefficient (Wildman–Crippen LogP) is 2.27. The molecule has 0 bridgehead atoms. The van der Waals surface area contributed by atoms with E-state index in [0.717, 1.165) is 9.47 Å². The summed E-state index contributed by atoms with van der Waals surface area (Å²) >= 11 is 2.73. The number of nitrogens with zero attached hydrogens (tertiary/aromatic N) is 2. The minimum Gasteiger partial charge on any atom is -0.363 e. The van der Waals surface area contributed by atoms with Crippen LogP contribution < -0.4 is 16.0 Å². The van der Waals surface area contributed by atoms with E-state index in [1.807, 2.05) is 0 Å². The van der Waals surface area contributed by atoms with Gasteiger partial charge in [0.2, 0.25) is 16.9 Å². The van der Waals surface area contributed by atoms with Gasteiger partial charge in [0.1, 0.15) is 0 Å². The fourth-order valence-corrected chi connectivity index (χ4v) is 3.04. The third-order valence-corrected chi connectivity index (χ3v) is 4.51. The second-order valence-corrected chi connectivity index (χ2v) is 6.42. The third kappa shape index (κ3) is 5.01. The molecule has 0 radical (unpaired) electrons. The second kappa shape index (κ2) is 7.76. The molecule has 22 heavy (non-hydrogen) atoms. The van der Waals surface area contributed by atoms with E-state index in [9.17, 15) is 9.59 Å². The van der Waals surface area contributed by atoms with Crippen molar-refractivity contribution < 1.29 is 9.59 Å². The van der Waals surface area contributed by atoms with E-state index >= 15 is 0 Å². The van der Waals surface area contributed by atoms with Crippen LogP contribution in [0.2, 0.25) is 0 Å². The van der Waals surface area contributed by atoms with Crippen LogP contribution >= 0.6 is 23.1 Å². The third-order valence-electron chi connectivity index (χ3n) is 2.44. The quantitative estimate of drug-likeness (QED) is 0.700. The molecule has 0 unspecified atom stereocenters. The molecule has 1 heterocycles. The molecule has 2 rings (SSSR count). The average Bonchev–Trinajstić information content (AvgIpc) is 2.95. The highest BCUT2D eigenvalue weighted by molar-refractivity contribution is 8.01. The topological polar surface area (TPSA) is 96.0 Å². The first-order chi connectivity index (χ1) is 10.6. The Morgan fingerprint density at radius 2 is 1.77 bits per heavy atom. The number of benzene rings is 1. The van der Waals surface area contributed by atoms with Gasteiger partial charge in [0.15, 0.2) is 4.34 Å². The summed E-state index contributed by atoms with van der Waals surface area (Å²) in [7, 11) is 1.77. The van der Waals surface area contributed by atoms with Gasteiger partial charge in [-0.05, 0) is 24.3 Å². The Kier molecular flexibility index (Phi) is 5.73. The molecule has 2 aromatic rings. The zero-order valence-corrected chi connectivity index (χ0v) is 13.7. The number of thioether (sulfide) groups is 1. The Balaban J connectivity index is 1.82. The van der Waals surface area contributed by atoms with Gasteiger partial charge in [-0.15, -0.1) is 10.2 Å². The second-order valence-electron chi connectivity index (χ2n) is 4.22. The van der Waals surface area contributed by atoms with E-state index in [0.29, 0.717) is 11.4 Å². The lowest BCUT2D eigenvalue weighted by molar-refractivity contribution is -0.114. The summed E-state index contributed by atoms with van der Waals surface area (Å²) in [6.07, 6.45) is 0. The molecular weight excluding hydrogens is 322 g/mol. The van der Waals surface area contributed by atoms with E-state index in [4.69, 9.17) is 0 Å². The van der Waals surface area contributed by atoms with Crippen LogP contribution in [0.15, 0.2) is 28.6 Å². The number of carbonyl (C=O) groups excluding carboxylic acids is 2. The summed E-state index contributed by atoms with van der Waals surface area (Å²) in [5.74, 6) is -0.00382. The van der Waals surface area contributed by atoms with Gasteiger partial charge in [-0.25, -0.2) is 0 Å². The first kappa shape index (κ1) is 16.2. The molecule has 0 aliphatic carbocycles. The SMILES string of the molecule is CNc1nnc(SCC(=O)Nc2ccc(NC(C)=O)cc2)s1. The van der Waals surface area contributed by atoms with Crippen LogP contribution in [-0.2, 0) is 9.59 Å². The number of nitrogens with one attached hydrogen (secondary N) is 3. The molecule has 1 aromatic heterocycles. The monoisotopic (exact) mass is 337 g/mol. The molecule has 2 amide bonds. The van der Waals surface area contributed by atoms with Crippen molar-refractivity contribution in [2.45, 2.75) is 11.3 Å². The Hall–Kier alpha value is -2.13. The molecule has 3 N–H and O–H groups in total. The summed E-state index contributed by atoms with van der Waals surface area (Å²) in [6.45, 7) is 1.44. The van der Waals surface area contributed by atoms with Gasteiger partial charge >= 0.3 is 0 Å². The molecule has 0 saturated heterocycles. The summed E-state index contributed by atoms with van der Waals surface area (Å²) < 4.78 is 0.737. The molecule has 0 aliphatic heterocycles. The molecule has 0 fully saturated rings. The van der Waals surface area contributed by atoms with Crippen LogP contribution in [0.25, 0.3) is 0 Å². The molecule has 1 aromatic carbocycles. The zero-order chi connectivity index (χ0) is 15.9. The lowest BCUT2D eigenvalue weighted by atomic mass is 10.3. The highest BCUT2D eigenvalue weighted by Gasteiger charge is 2.08. The van der Waals surface area contributed by atoms with Crippen LogP contribution in [0.3, 0.4) is 0 Å². The van der Waals surface area contributed by atoms with Crippen molar-refractivity contribution in [2.75, 3.05) is 28.8 Å². The number of amides is 2. The first-order valence-electron chi connectivity index (χ1n) is 6.38. The van der Waals surface area contributed by atoms with E-state index in [2.05, 4.69) is 26.1 Å². The van der Waals surface area contributed by atoms with Gasteiger partial charge in [0.05, 0.1) is 5.75 Å². The maximum Gasteiger partial charge on any atom is 0.234 e. The van der Waals surface area contributed by atoms with Gasteiger partial charge in [0.25, 0.3) is 0 Å². The number of hydrogen-bond acceptors (Lipinski definition) is 7. The summed E-state index contributed by atoms with van der Waals surface area (Å²) in [6, 6.07) is 6.93. The molecule has 9 heteroatoms. The van der Waals surface area contributed by atoms with Crippen molar-refractivity contribution >= 4 is 51.4 Å². The first-order valence-corrected chi connectivity index (χ1v) is 8.18. The maximum atomic E-state index is 11.9. The normalized spacial score (nSPS) is 10.1. The van der Waals surface area contributed by atoms with Crippen molar-refractivity contribution in [3.63, 3.8) is 0 Å². The van der Waals surface area contributed by atoms with Gasteiger partial charge in [-0.1, -0.05) is 23.1 Å². The standard InChI is InChI=1S/C13H15N5O2S2/c1-8(19)15-9-3-5-10(6-4-9)16-11(20)7-21-13-18-17-12(14-2)22-13/h3-6H,7H2,1-2H3,(H,14,17)(H,15,19)(H,16,20). The van der Waals surface area contributed by atoms with E-state index in [1.54, 1.807) is 31.3 Å². The van der Waals surface area contributed by atoms with Crippen LogP contribution in [0, 0.1) is 0 Å². The van der Waals surface area contributed by atoms with E-state index in [-0.39, 0.29) is 17.6 Å². The molecule has 7 nitrogen and oxygen atoms in total. The van der Waals surface area contributed by atoms with Crippen LogP contribution in [0.5, 0.6) is 0 Å². The van der Waals surface area contributed by atoms with Crippen molar-refractivity contribution in [3.05, 3.63) is 24.3 Å². The summed E-state index contributed by atoms with van der Waals surface area (Å²) in [4.78, 5) is 22.8. The largest absolute Gasteiger partial charge is 0.363 e. The van der Waals surface area contributed by atoms with E-state index in [1.165, 1.54) is 30.0 Å². The van der Waals surface area contributed by atoms with Gasteiger partial charge in [-0.3, -0.25) is 9.59 Å². The number of anilines is 3. The van der Waals surface area contributed by atoms with E-state index < -0.39 is 0 Å². The zero-order valence-electron chi connectivity index (χ0n) is 12.0. The van der Waals surface area contributed by atoms with Gasteiger partial charge in [0, 0.05) is 25.3 Å². The predicted molar refractivity (Wildman–Crippen MR) is 89.6 cm³/mol. The number of hydrogen-bond donors (Lipinski definition) is 3. The fraction of sp³-hybridized carbons (Fsp3) is 0.231. The number of carbonyl (C=O) groups is 2. The average molecular weight is 337 g/mol. The lowest BCUT2D eigenvalue weighted by Gasteiger charge is -2.06. The molecule has 0 saturated carbocycles. The molecule has 0 atom stereocenters. The lowest BCUT2D eigenvalue weighted by Crippen LogP contribution is -2.14. The molecule has 0 spiro atoms. The van der Waals surface area contributed by atoms with Crippen molar-refractivity contribution in [1.82, 2.24) is 10.2 Å². The van der Waals surface area contributed by atoms with Crippen molar-refractivity contribution in [3.8, 4) is 0 Å². The molecule has 116 valence electrons. The minimum absolute atomic E-state index is 0.126. The smallest absolute Gasteiger partial charge is 0.234 e. The van der Waals surface area contributed by atoms with Crippen LogP contribution in [0.1, 0.15) is 6.92 Å². The Bertz CT molecular complexity index is 657. The molecule has 0 aliphatic rings. The Morgan fingerprint density at radius 3 is 2.32 bits per heavy atom. The number of aromatic nitrogens is 2. The minimum atomic E-state index is -0.133.